The highest BCUT2D eigenvalue weighted by Crippen LogP contribution is 2.38. The van der Waals surface area contributed by atoms with Gasteiger partial charge in [0.15, 0.2) is 0 Å². The van der Waals surface area contributed by atoms with E-state index in [2.05, 4.69) is 16.1 Å². The van der Waals surface area contributed by atoms with Crippen LogP contribution < -0.4 is 10.0 Å². The highest BCUT2D eigenvalue weighted by Gasteiger charge is 2.28. The first-order valence-corrected chi connectivity index (χ1v) is 12.8. The first-order valence-electron chi connectivity index (χ1n) is 11.1. The molecular weight excluding hydrogens is 410 g/mol. The van der Waals surface area contributed by atoms with Crippen LogP contribution in [0.15, 0.2) is 36.4 Å². The molecule has 2 aliphatic carbocycles. The zero-order valence-electron chi connectivity index (χ0n) is 18.3. The number of carbonyl (C=O) groups excluding carboxylic acids is 1. The van der Waals surface area contributed by atoms with E-state index in [1.54, 1.807) is 0 Å². The van der Waals surface area contributed by atoms with Crippen molar-refractivity contribution >= 4 is 21.7 Å². The molecule has 2 N–H and O–H groups in total. The van der Waals surface area contributed by atoms with Crippen LogP contribution >= 0.6 is 0 Å². The third-order valence-corrected chi connectivity index (χ3v) is 7.80. The molecule has 0 aromatic heterocycles. The van der Waals surface area contributed by atoms with Gasteiger partial charge in [-0.2, -0.15) is 0 Å². The zero-order chi connectivity index (χ0) is 22.0. The second kappa shape index (κ2) is 9.01. The number of benzene rings is 2. The summed E-state index contributed by atoms with van der Waals surface area (Å²) in [6, 6.07) is 10.8. The van der Waals surface area contributed by atoms with Crippen LogP contribution in [0.4, 0.5) is 10.5 Å². The van der Waals surface area contributed by atoms with Gasteiger partial charge >= 0.3 is 6.03 Å². The smallest absolute Gasteiger partial charge is 0.307 e. The average molecular weight is 442 g/mol. The van der Waals surface area contributed by atoms with E-state index >= 15 is 0 Å². The summed E-state index contributed by atoms with van der Waals surface area (Å²) in [6.07, 6.45) is 6.08. The van der Waals surface area contributed by atoms with Gasteiger partial charge in [0.05, 0.1) is 11.8 Å². The van der Waals surface area contributed by atoms with Crippen LogP contribution in [0.2, 0.25) is 0 Å². The number of sulfonamides is 1. The van der Waals surface area contributed by atoms with Crippen molar-refractivity contribution in [2.45, 2.75) is 51.5 Å². The molecule has 0 aliphatic heterocycles. The molecule has 0 saturated carbocycles. The van der Waals surface area contributed by atoms with Crippen molar-refractivity contribution < 1.29 is 13.2 Å². The van der Waals surface area contributed by atoms with E-state index in [9.17, 15) is 13.2 Å². The number of amides is 2. The fourth-order valence-electron chi connectivity index (χ4n) is 4.87. The summed E-state index contributed by atoms with van der Waals surface area (Å²) in [6.45, 7) is 2.68. The molecule has 0 radical (unpaired) electrons. The first kappa shape index (κ1) is 21.8. The maximum absolute atomic E-state index is 12.9. The van der Waals surface area contributed by atoms with Gasteiger partial charge in [0.25, 0.3) is 0 Å². The molecule has 1 atom stereocenters. The van der Waals surface area contributed by atoms with Crippen molar-refractivity contribution in [3.63, 3.8) is 0 Å². The van der Waals surface area contributed by atoms with Crippen molar-refractivity contribution in [1.82, 2.24) is 9.62 Å². The fraction of sp³-hybridized carbons (Fsp3) is 0.458. The van der Waals surface area contributed by atoms with Gasteiger partial charge in [-0.1, -0.05) is 43.3 Å². The molecule has 2 amide bonds. The van der Waals surface area contributed by atoms with Gasteiger partial charge in [-0.3, -0.25) is 4.90 Å². The van der Waals surface area contributed by atoms with Gasteiger partial charge in [0.2, 0.25) is 10.0 Å². The quantitative estimate of drug-likeness (QED) is 0.685. The third-order valence-electron chi connectivity index (χ3n) is 6.55. The van der Waals surface area contributed by atoms with Crippen molar-refractivity contribution in [3.8, 4) is 0 Å². The molecule has 0 saturated heterocycles. The number of rotatable bonds is 7. The second-order valence-electron chi connectivity index (χ2n) is 8.57. The molecular formula is C24H31N3O3S. The molecule has 0 heterocycles. The molecule has 6 nitrogen and oxygen atoms in total. The van der Waals surface area contributed by atoms with Crippen molar-refractivity contribution in [3.05, 3.63) is 64.2 Å². The molecule has 2 aromatic carbocycles. The second-order valence-corrected chi connectivity index (χ2v) is 10.3. The maximum atomic E-state index is 12.9. The minimum absolute atomic E-state index is 0.181. The Balaban J connectivity index is 1.51. The van der Waals surface area contributed by atoms with Gasteiger partial charge in [-0.05, 0) is 79.9 Å². The number of nitrogens with one attached hydrogen (secondary N) is 2. The summed E-state index contributed by atoms with van der Waals surface area (Å²) < 4.78 is 28.1. The predicted molar refractivity (Wildman–Crippen MR) is 124 cm³/mol. The van der Waals surface area contributed by atoms with Crippen LogP contribution in [0.5, 0.6) is 0 Å². The minimum atomic E-state index is -3.84. The monoisotopic (exact) mass is 441 g/mol. The summed E-state index contributed by atoms with van der Waals surface area (Å²) in [4.78, 5) is 14.7. The number of hydrogen-bond donors (Lipinski definition) is 2. The van der Waals surface area contributed by atoms with Crippen LogP contribution in [-0.4, -0.2) is 38.7 Å². The summed E-state index contributed by atoms with van der Waals surface area (Å²) in [5.41, 5.74) is 6.72. The van der Waals surface area contributed by atoms with E-state index in [1.807, 2.05) is 49.2 Å². The van der Waals surface area contributed by atoms with Crippen molar-refractivity contribution in [2.75, 3.05) is 24.7 Å². The van der Waals surface area contributed by atoms with Crippen molar-refractivity contribution in [2.24, 2.45) is 0 Å². The van der Waals surface area contributed by atoms with Crippen LogP contribution in [0, 0.1) is 0 Å². The molecule has 0 spiro atoms. The lowest BCUT2D eigenvalue weighted by Crippen LogP contribution is -2.40. The first-order chi connectivity index (χ1) is 14.9. The van der Waals surface area contributed by atoms with Crippen LogP contribution in [-0.2, 0) is 35.7 Å². The van der Waals surface area contributed by atoms with E-state index in [0.29, 0.717) is 6.54 Å². The molecule has 4 rings (SSSR count). The highest BCUT2D eigenvalue weighted by atomic mass is 32.2. The van der Waals surface area contributed by atoms with E-state index in [4.69, 9.17) is 0 Å². The molecule has 7 heteroatoms. The summed E-state index contributed by atoms with van der Waals surface area (Å²) in [5.74, 6) is -0.181. The Morgan fingerprint density at radius 2 is 1.65 bits per heavy atom. The lowest BCUT2D eigenvalue weighted by molar-refractivity contribution is 0.256. The maximum Gasteiger partial charge on any atom is 0.332 e. The van der Waals surface area contributed by atoms with E-state index in [1.165, 1.54) is 22.3 Å². The number of carbonyl (C=O) groups is 1. The van der Waals surface area contributed by atoms with E-state index in [-0.39, 0.29) is 11.8 Å². The van der Waals surface area contributed by atoms with Gasteiger partial charge in [-0.25, -0.2) is 17.9 Å². The molecule has 1 unspecified atom stereocenters. The number of urea groups is 1. The van der Waals surface area contributed by atoms with Gasteiger partial charge < -0.3 is 5.32 Å². The molecule has 166 valence electrons. The Morgan fingerprint density at radius 3 is 2.23 bits per heavy atom. The van der Waals surface area contributed by atoms with Crippen LogP contribution in [0.3, 0.4) is 0 Å². The summed E-state index contributed by atoms with van der Waals surface area (Å²) >= 11 is 0. The standard InChI is InChI=1S/C24H31N3O3S/c1-3-27(2)22(17-9-5-4-6-10-17)16-31(29,30)26-24(28)25-23-20-13-7-11-18(20)15-19-12-8-14-21(19)23/h4-6,9-10,15,22H,3,7-8,11-14,16H2,1-2H3,(H2,25,26,28). The minimum Gasteiger partial charge on any atom is -0.307 e. The van der Waals surface area contributed by atoms with Crippen LogP contribution in [0.25, 0.3) is 0 Å². The zero-order valence-corrected chi connectivity index (χ0v) is 19.1. The number of anilines is 1. The molecule has 2 aliphatic rings. The van der Waals surface area contributed by atoms with Gasteiger partial charge in [0, 0.05) is 5.69 Å². The van der Waals surface area contributed by atoms with E-state index < -0.39 is 16.1 Å². The average Bonchev–Trinajstić information content (AvgIpc) is 3.41. The van der Waals surface area contributed by atoms with Crippen molar-refractivity contribution in [1.29, 1.82) is 0 Å². The Kier molecular flexibility index (Phi) is 6.34. The normalized spacial score (nSPS) is 16.1. The topological polar surface area (TPSA) is 78.5 Å². The molecule has 0 fully saturated rings. The third kappa shape index (κ3) is 4.77. The number of nitrogens with zero attached hydrogens (tertiary/aromatic N) is 1. The fourth-order valence-corrected chi connectivity index (χ4v) is 6.15. The predicted octanol–water partition coefficient (Wildman–Crippen LogP) is 3.81. The van der Waals surface area contributed by atoms with Gasteiger partial charge in [0.1, 0.15) is 0 Å². The van der Waals surface area contributed by atoms with Gasteiger partial charge in [-0.15, -0.1) is 0 Å². The summed E-state index contributed by atoms with van der Waals surface area (Å²) in [5, 5.41) is 2.91. The molecule has 0 bridgehead atoms. The Morgan fingerprint density at radius 1 is 1.03 bits per heavy atom. The number of aryl methyl sites for hydroxylation is 2. The Labute approximate surface area is 185 Å². The van der Waals surface area contributed by atoms with E-state index in [0.717, 1.165) is 49.8 Å². The Hall–Kier alpha value is -2.38. The highest BCUT2D eigenvalue weighted by molar-refractivity contribution is 7.90. The number of fused-ring (bicyclic) bond motifs is 2. The molecule has 31 heavy (non-hydrogen) atoms. The Bertz CT molecular complexity index is 1030. The number of hydrogen-bond acceptors (Lipinski definition) is 4. The molecule has 2 aromatic rings. The largest absolute Gasteiger partial charge is 0.332 e. The SMILES string of the molecule is CCN(C)C(CS(=O)(=O)NC(=O)Nc1c2c(cc3c1CCC3)CCC2)c1ccccc1. The summed E-state index contributed by atoms with van der Waals surface area (Å²) in [7, 11) is -1.94. The lowest BCUT2D eigenvalue weighted by Gasteiger charge is -2.27. The lowest BCUT2D eigenvalue weighted by atomic mass is 9.99. The van der Waals surface area contributed by atoms with Crippen LogP contribution in [0.1, 0.15) is 53.6 Å².